The molecule has 0 saturated heterocycles. The van der Waals surface area contributed by atoms with E-state index in [0.717, 1.165) is 33.7 Å². The Hall–Kier alpha value is -3.59. The van der Waals surface area contributed by atoms with E-state index in [2.05, 4.69) is 20.5 Å². The van der Waals surface area contributed by atoms with Crippen molar-refractivity contribution in [3.63, 3.8) is 0 Å². The highest BCUT2D eigenvalue weighted by atomic mass is 35.5. The van der Waals surface area contributed by atoms with Gasteiger partial charge in [-0.25, -0.2) is 9.97 Å². The van der Waals surface area contributed by atoms with Gasteiger partial charge in [-0.05, 0) is 17.7 Å². The van der Waals surface area contributed by atoms with E-state index in [4.69, 9.17) is 16.6 Å². The second-order valence-electron chi connectivity index (χ2n) is 7.80. The summed E-state index contributed by atoms with van der Waals surface area (Å²) >= 11 is 8.64. The second kappa shape index (κ2) is 11.4. The third-order valence-corrected chi connectivity index (χ3v) is 7.19. The van der Waals surface area contributed by atoms with Crippen LogP contribution in [0, 0.1) is 0 Å². The number of carbonyl (C=O) groups is 1. The first-order chi connectivity index (χ1) is 17.6. The Kier molecular flexibility index (Phi) is 7.66. The number of anilines is 1. The first kappa shape index (κ1) is 24.1. The smallest absolute Gasteiger partial charge is 0.236 e. The van der Waals surface area contributed by atoms with E-state index in [1.54, 1.807) is 6.20 Å². The Morgan fingerprint density at radius 1 is 0.861 bits per heavy atom. The third-order valence-electron chi connectivity index (χ3n) is 5.19. The molecule has 0 spiro atoms. The number of thiazole rings is 1. The topological polar surface area (TPSA) is 80.7 Å². The van der Waals surface area contributed by atoms with Gasteiger partial charge in [-0.1, -0.05) is 96.2 Å². The zero-order chi connectivity index (χ0) is 24.7. The molecule has 0 aliphatic rings. The van der Waals surface area contributed by atoms with Gasteiger partial charge in [0.25, 0.3) is 0 Å². The maximum absolute atomic E-state index is 12.6. The minimum Gasteiger partial charge on any atom is -0.301 e. The van der Waals surface area contributed by atoms with Crippen molar-refractivity contribution in [1.29, 1.82) is 0 Å². The Labute approximate surface area is 221 Å². The first-order valence-electron chi connectivity index (χ1n) is 11.1. The summed E-state index contributed by atoms with van der Waals surface area (Å²) in [5, 5.41) is 13.3. The molecule has 1 N–H and O–H groups in total. The molecule has 0 atom stereocenters. The monoisotopic (exact) mass is 529 g/mol. The van der Waals surface area contributed by atoms with Crippen LogP contribution in [-0.4, -0.2) is 31.8 Å². The van der Waals surface area contributed by atoms with Crippen LogP contribution in [-0.2, 0) is 11.2 Å². The molecule has 0 fully saturated rings. The summed E-state index contributed by atoms with van der Waals surface area (Å²) in [6.07, 6.45) is 2.51. The molecule has 5 rings (SSSR count). The molecule has 0 unspecified atom stereocenters. The predicted molar refractivity (Wildman–Crippen MR) is 146 cm³/mol. The number of thioether (sulfide) groups is 1. The van der Waals surface area contributed by atoms with E-state index in [9.17, 15) is 4.79 Å². The maximum Gasteiger partial charge on any atom is 0.236 e. The van der Waals surface area contributed by atoms with E-state index in [0.29, 0.717) is 21.0 Å². The highest BCUT2D eigenvalue weighted by Crippen LogP contribution is 2.30. The molecule has 2 heterocycles. The lowest BCUT2D eigenvalue weighted by Crippen LogP contribution is -2.14. The van der Waals surface area contributed by atoms with Crippen molar-refractivity contribution < 1.29 is 4.79 Å². The predicted octanol–water partition coefficient (Wildman–Crippen LogP) is 6.64. The molecular formula is C27H20ClN5OS2. The van der Waals surface area contributed by atoms with Crippen molar-refractivity contribution in [3.05, 3.63) is 107 Å². The van der Waals surface area contributed by atoms with Gasteiger partial charge in [-0.3, -0.25) is 4.79 Å². The van der Waals surface area contributed by atoms with Crippen molar-refractivity contribution in [3.8, 4) is 22.5 Å². The molecule has 2 aromatic heterocycles. The average Bonchev–Trinajstić information content (AvgIpc) is 3.36. The molecule has 0 aliphatic carbocycles. The Bertz CT molecular complexity index is 1460. The molecular weight excluding hydrogens is 510 g/mol. The highest BCUT2D eigenvalue weighted by molar-refractivity contribution is 7.99. The number of aromatic nitrogens is 4. The van der Waals surface area contributed by atoms with Crippen molar-refractivity contribution in [1.82, 2.24) is 20.2 Å². The van der Waals surface area contributed by atoms with Gasteiger partial charge in [-0.2, -0.15) is 0 Å². The highest BCUT2D eigenvalue weighted by Gasteiger charge is 2.15. The summed E-state index contributed by atoms with van der Waals surface area (Å²) in [6.45, 7) is 0. The summed E-state index contributed by atoms with van der Waals surface area (Å²) in [6, 6.07) is 27.4. The zero-order valence-electron chi connectivity index (χ0n) is 19.0. The van der Waals surface area contributed by atoms with Crippen LogP contribution in [0.3, 0.4) is 0 Å². The van der Waals surface area contributed by atoms with E-state index >= 15 is 0 Å². The number of hydrogen-bond donors (Lipinski definition) is 1. The van der Waals surface area contributed by atoms with E-state index < -0.39 is 0 Å². The quantitative estimate of drug-likeness (QED) is 0.227. The van der Waals surface area contributed by atoms with Crippen LogP contribution in [0.25, 0.3) is 22.5 Å². The van der Waals surface area contributed by atoms with Crippen LogP contribution in [0.4, 0.5) is 5.13 Å². The molecule has 0 aliphatic heterocycles. The number of benzene rings is 3. The van der Waals surface area contributed by atoms with Crippen molar-refractivity contribution in [2.75, 3.05) is 11.1 Å². The van der Waals surface area contributed by atoms with Gasteiger partial charge in [0, 0.05) is 33.6 Å². The van der Waals surface area contributed by atoms with Crippen LogP contribution in [0.2, 0.25) is 5.02 Å². The minimum absolute atomic E-state index is 0.146. The molecule has 5 aromatic rings. The van der Waals surface area contributed by atoms with Crippen LogP contribution >= 0.6 is 34.7 Å². The minimum atomic E-state index is -0.176. The number of carbonyl (C=O) groups excluding carboxylic acids is 1. The normalized spacial score (nSPS) is 10.8. The third kappa shape index (κ3) is 6.15. The van der Waals surface area contributed by atoms with Crippen LogP contribution in [0.15, 0.2) is 96.3 Å². The standard InChI is InChI=1S/C27H20ClN5OS2/c28-21-13-11-18(12-14-21)15-22-16-29-26(36-22)30-23(34)17-35-27-31-24(19-7-3-1-4-8-19)25(32-33-27)20-9-5-2-6-10-20/h1-14,16H,15,17H2,(H,29,30,34). The van der Waals surface area contributed by atoms with Gasteiger partial charge in [0.15, 0.2) is 5.13 Å². The van der Waals surface area contributed by atoms with Crippen LogP contribution in [0.5, 0.6) is 0 Å². The Balaban J connectivity index is 1.25. The van der Waals surface area contributed by atoms with Gasteiger partial charge >= 0.3 is 0 Å². The molecule has 36 heavy (non-hydrogen) atoms. The SMILES string of the molecule is O=C(CSc1nnc(-c2ccccc2)c(-c2ccccc2)n1)Nc1ncc(Cc2ccc(Cl)cc2)s1. The lowest BCUT2D eigenvalue weighted by Gasteiger charge is -2.09. The Morgan fingerprint density at radius 3 is 2.22 bits per heavy atom. The zero-order valence-corrected chi connectivity index (χ0v) is 21.4. The van der Waals surface area contributed by atoms with Gasteiger partial charge in [0.05, 0.1) is 5.75 Å². The Morgan fingerprint density at radius 2 is 1.53 bits per heavy atom. The molecule has 0 bridgehead atoms. The second-order valence-corrected chi connectivity index (χ2v) is 10.3. The van der Waals surface area contributed by atoms with Crippen LogP contribution in [0.1, 0.15) is 10.4 Å². The molecule has 9 heteroatoms. The molecule has 3 aromatic carbocycles. The lowest BCUT2D eigenvalue weighted by molar-refractivity contribution is -0.113. The molecule has 0 radical (unpaired) electrons. The fraction of sp³-hybridized carbons (Fsp3) is 0.0741. The number of amides is 1. The summed E-state index contributed by atoms with van der Waals surface area (Å²) in [4.78, 5) is 22.7. The number of nitrogens with one attached hydrogen (secondary N) is 1. The van der Waals surface area contributed by atoms with Gasteiger partial charge < -0.3 is 5.32 Å². The first-order valence-corrected chi connectivity index (χ1v) is 13.3. The van der Waals surface area contributed by atoms with Crippen molar-refractivity contribution in [2.45, 2.75) is 11.6 Å². The molecule has 1 amide bonds. The average molecular weight is 530 g/mol. The van der Waals surface area contributed by atoms with Crippen molar-refractivity contribution >= 4 is 45.7 Å². The van der Waals surface area contributed by atoms with Gasteiger partial charge in [0.1, 0.15) is 11.4 Å². The molecule has 6 nitrogen and oxygen atoms in total. The summed E-state index contributed by atoms with van der Waals surface area (Å²) in [7, 11) is 0. The largest absolute Gasteiger partial charge is 0.301 e. The molecule has 0 saturated carbocycles. The van der Waals surface area contributed by atoms with E-state index in [-0.39, 0.29) is 11.7 Å². The number of nitrogens with zero attached hydrogens (tertiary/aromatic N) is 4. The van der Waals surface area contributed by atoms with Gasteiger partial charge in [0.2, 0.25) is 11.1 Å². The summed E-state index contributed by atoms with van der Waals surface area (Å²) in [5.74, 6) is -0.0310. The molecule has 178 valence electrons. The van der Waals surface area contributed by atoms with Crippen molar-refractivity contribution in [2.24, 2.45) is 0 Å². The van der Waals surface area contributed by atoms with Gasteiger partial charge in [-0.15, -0.1) is 21.5 Å². The fourth-order valence-corrected chi connectivity index (χ4v) is 5.07. The van der Waals surface area contributed by atoms with E-state index in [1.807, 2.05) is 84.9 Å². The summed E-state index contributed by atoms with van der Waals surface area (Å²) in [5.41, 5.74) is 4.43. The van der Waals surface area contributed by atoms with Crippen LogP contribution < -0.4 is 5.32 Å². The summed E-state index contributed by atoms with van der Waals surface area (Å²) < 4.78 is 0. The van der Waals surface area contributed by atoms with E-state index in [1.165, 1.54) is 23.1 Å². The number of rotatable bonds is 8. The maximum atomic E-state index is 12.6. The fourth-order valence-electron chi connectivity index (χ4n) is 3.50. The lowest BCUT2D eigenvalue weighted by atomic mass is 10.0. The number of hydrogen-bond acceptors (Lipinski definition) is 7. The number of halogens is 1.